The SMILES string of the molecule is CCc1ccc(C2CCC(C#Cc3ccc(C)cc3)CC2)cc1. The maximum Gasteiger partial charge on any atom is 0.0245 e. The van der Waals surface area contributed by atoms with E-state index in [1.54, 1.807) is 0 Å². The smallest absolute Gasteiger partial charge is 0.0245 e. The summed E-state index contributed by atoms with van der Waals surface area (Å²) in [5.41, 5.74) is 5.40. The lowest BCUT2D eigenvalue weighted by atomic mass is 9.79. The van der Waals surface area contributed by atoms with Gasteiger partial charge in [-0.3, -0.25) is 0 Å². The highest BCUT2D eigenvalue weighted by Crippen LogP contribution is 2.35. The van der Waals surface area contributed by atoms with Crippen molar-refractivity contribution in [3.05, 3.63) is 70.8 Å². The molecule has 118 valence electrons. The van der Waals surface area contributed by atoms with Gasteiger partial charge in [-0.2, -0.15) is 0 Å². The summed E-state index contributed by atoms with van der Waals surface area (Å²) in [6, 6.07) is 17.8. The molecule has 1 aliphatic carbocycles. The van der Waals surface area contributed by atoms with E-state index in [4.69, 9.17) is 0 Å². The van der Waals surface area contributed by atoms with Crippen molar-refractivity contribution in [2.45, 2.75) is 51.9 Å². The molecule has 0 bridgehead atoms. The largest absolute Gasteiger partial charge is 0.0945 e. The zero-order valence-electron chi connectivity index (χ0n) is 14.3. The molecule has 1 aliphatic rings. The van der Waals surface area contributed by atoms with Crippen molar-refractivity contribution < 1.29 is 0 Å². The maximum atomic E-state index is 3.50. The summed E-state index contributed by atoms with van der Waals surface area (Å²) in [4.78, 5) is 0. The lowest BCUT2D eigenvalue weighted by molar-refractivity contribution is 0.384. The van der Waals surface area contributed by atoms with Crippen LogP contribution in [0, 0.1) is 24.7 Å². The Morgan fingerprint density at radius 2 is 1.52 bits per heavy atom. The van der Waals surface area contributed by atoms with Gasteiger partial charge in [0.1, 0.15) is 0 Å². The molecule has 23 heavy (non-hydrogen) atoms. The molecule has 0 aliphatic heterocycles. The van der Waals surface area contributed by atoms with E-state index in [-0.39, 0.29) is 0 Å². The van der Waals surface area contributed by atoms with Gasteiger partial charge in [0.25, 0.3) is 0 Å². The minimum absolute atomic E-state index is 0.572. The molecule has 0 spiro atoms. The topological polar surface area (TPSA) is 0 Å². The van der Waals surface area contributed by atoms with Crippen LogP contribution < -0.4 is 0 Å². The Bertz CT molecular complexity index is 672. The maximum absolute atomic E-state index is 3.50. The minimum Gasteiger partial charge on any atom is -0.0945 e. The fourth-order valence-corrected chi connectivity index (χ4v) is 3.42. The van der Waals surface area contributed by atoms with Crippen molar-refractivity contribution in [2.24, 2.45) is 5.92 Å². The zero-order chi connectivity index (χ0) is 16.1. The van der Waals surface area contributed by atoms with Crippen LogP contribution in [0.1, 0.15) is 60.8 Å². The standard InChI is InChI=1S/C23H26/c1-3-19-10-14-22(15-11-19)23-16-12-21(13-17-23)9-8-20-6-4-18(2)5-7-20/h4-7,10-11,14-15,21,23H,3,12-13,16-17H2,1-2H3. The van der Waals surface area contributed by atoms with Crippen LogP contribution in [0.3, 0.4) is 0 Å². The summed E-state index contributed by atoms with van der Waals surface area (Å²) >= 11 is 0. The predicted octanol–water partition coefficient (Wildman–Crippen LogP) is 5.88. The second kappa shape index (κ2) is 7.51. The van der Waals surface area contributed by atoms with Crippen molar-refractivity contribution >= 4 is 0 Å². The third kappa shape index (κ3) is 4.26. The zero-order valence-corrected chi connectivity index (χ0v) is 14.3. The van der Waals surface area contributed by atoms with E-state index in [1.165, 1.54) is 42.4 Å². The second-order valence-corrected chi connectivity index (χ2v) is 6.78. The van der Waals surface area contributed by atoms with Crippen molar-refractivity contribution in [1.82, 2.24) is 0 Å². The van der Waals surface area contributed by atoms with Crippen LogP contribution in [0.4, 0.5) is 0 Å². The molecule has 0 aromatic heterocycles. The molecular formula is C23H26. The van der Waals surface area contributed by atoms with Crippen LogP contribution in [-0.4, -0.2) is 0 Å². The van der Waals surface area contributed by atoms with Crippen LogP contribution in [0.2, 0.25) is 0 Å². The number of benzene rings is 2. The van der Waals surface area contributed by atoms with Gasteiger partial charge in [0.2, 0.25) is 0 Å². The lowest BCUT2D eigenvalue weighted by Gasteiger charge is -2.26. The molecule has 1 fully saturated rings. The summed E-state index contributed by atoms with van der Waals surface area (Å²) in [7, 11) is 0. The van der Waals surface area contributed by atoms with E-state index in [0.29, 0.717) is 5.92 Å². The molecule has 0 radical (unpaired) electrons. The highest BCUT2D eigenvalue weighted by atomic mass is 14.2. The molecule has 0 nitrogen and oxygen atoms in total. The molecule has 0 saturated heterocycles. The van der Waals surface area contributed by atoms with Gasteiger partial charge in [0.15, 0.2) is 0 Å². The number of hydrogen-bond donors (Lipinski definition) is 0. The first-order valence-electron chi connectivity index (χ1n) is 8.91. The molecular weight excluding hydrogens is 276 g/mol. The molecule has 0 heterocycles. The van der Waals surface area contributed by atoms with Crippen LogP contribution in [0.5, 0.6) is 0 Å². The van der Waals surface area contributed by atoms with E-state index in [1.807, 2.05) is 0 Å². The average molecular weight is 302 g/mol. The Kier molecular flexibility index (Phi) is 5.19. The first-order chi connectivity index (χ1) is 11.2. The molecule has 0 atom stereocenters. The van der Waals surface area contributed by atoms with Gasteiger partial charge >= 0.3 is 0 Å². The molecule has 0 heteroatoms. The Labute approximate surface area is 140 Å². The quantitative estimate of drug-likeness (QED) is 0.607. The molecule has 0 N–H and O–H groups in total. The fourth-order valence-electron chi connectivity index (χ4n) is 3.42. The van der Waals surface area contributed by atoms with Gasteiger partial charge in [0, 0.05) is 11.5 Å². The van der Waals surface area contributed by atoms with Crippen molar-refractivity contribution in [3.8, 4) is 11.8 Å². The molecule has 0 unspecified atom stereocenters. The normalized spacial score (nSPS) is 20.6. The fraction of sp³-hybridized carbons (Fsp3) is 0.391. The van der Waals surface area contributed by atoms with Gasteiger partial charge in [-0.15, -0.1) is 0 Å². The summed E-state index contributed by atoms with van der Waals surface area (Å²) in [6.45, 7) is 4.33. The second-order valence-electron chi connectivity index (χ2n) is 6.78. The van der Waals surface area contributed by atoms with Crippen molar-refractivity contribution in [1.29, 1.82) is 0 Å². The van der Waals surface area contributed by atoms with Gasteiger partial charge in [-0.25, -0.2) is 0 Å². The summed E-state index contributed by atoms with van der Waals surface area (Å²) in [5.74, 6) is 8.17. The van der Waals surface area contributed by atoms with E-state index in [9.17, 15) is 0 Å². The summed E-state index contributed by atoms with van der Waals surface area (Å²) < 4.78 is 0. The number of hydrogen-bond acceptors (Lipinski definition) is 0. The first-order valence-corrected chi connectivity index (χ1v) is 8.91. The highest BCUT2D eigenvalue weighted by molar-refractivity contribution is 5.36. The van der Waals surface area contributed by atoms with Crippen LogP contribution >= 0.6 is 0 Å². The Hall–Kier alpha value is -2.00. The van der Waals surface area contributed by atoms with Crippen LogP contribution in [-0.2, 0) is 6.42 Å². The molecule has 1 saturated carbocycles. The molecule has 2 aromatic carbocycles. The third-order valence-electron chi connectivity index (χ3n) is 5.06. The van der Waals surface area contributed by atoms with Gasteiger partial charge in [0.05, 0.1) is 0 Å². The summed E-state index contributed by atoms with van der Waals surface area (Å²) in [5, 5.41) is 0. The van der Waals surface area contributed by atoms with E-state index < -0.39 is 0 Å². The van der Waals surface area contributed by atoms with Crippen LogP contribution in [0.25, 0.3) is 0 Å². The molecule has 2 aromatic rings. The van der Waals surface area contributed by atoms with E-state index >= 15 is 0 Å². The Morgan fingerprint density at radius 3 is 2.13 bits per heavy atom. The predicted molar refractivity (Wildman–Crippen MR) is 98.6 cm³/mol. The Balaban J connectivity index is 1.57. The van der Waals surface area contributed by atoms with Crippen LogP contribution in [0.15, 0.2) is 48.5 Å². The van der Waals surface area contributed by atoms with Gasteiger partial charge < -0.3 is 0 Å². The molecule has 0 amide bonds. The van der Waals surface area contributed by atoms with Gasteiger partial charge in [-0.1, -0.05) is 60.7 Å². The average Bonchev–Trinajstić information content (AvgIpc) is 2.62. The van der Waals surface area contributed by atoms with E-state index in [2.05, 4.69) is 74.2 Å². The minimum atomic E-state index is 0.572. The first kappa shape index (κ1) is 15.9. The third-order valence-corrected chi connectivity index (χ3v) is 5.06. The Morgan fingerprint density at radius 1 is 0.870 bits per heavy atom. The summed E-state index contributed by atoms with van der Waals surface area (Å²) in [6.07, 6.45) is 6.15. The van der Waals surface area contributed by atoms with Crippen molar-refractivity contribution in [3.63, 3.8) is 0 Å². The number of aryl methyl sites for hydroxylation is 2. The van der Waals surface area contributed by atoms with Gasteiger partial charge in [-0.05, 0) is 68.2 Å². The highest BCUT2D eigenvalue weighted by Gasteiger charge is 2.21. The molecule has 3 rings (SSSR count). The number of rotatable bonds is 2. The monoisotopic (exact) mass is 302 g/mol. The van der Waals surface area contributed by atoms with Crippen molar-refractivity contribution in [2.75, 3.05) is 0 Å². The lowest BCUT2D eigenvalue weighted by Crippen LogP contribution is -2.12. The van der Waals surface area contributed by atoms with E-state index in [0.717, 1.165) is 17.9 Å².